The van der Waals surface area contributed by atoms with E-state index >= 15 is 0 Å². The van der Waals surface area contributed by atoms with Gasteiger partial charge in [0.15, 0.2) is 5.15 Å². The molecule has 6 heteroatoms. The number of carbonyl (C=O) groups excluding carboxylic acids is 1. The zero-order valence-corrected chi connectivity index (χ0v) is 9.57. The van der Waals surface area contributed by atoms with E-state index in [1.54, 1.807) is 19.1 Å². The highest BCUT2D eigenvalue weighted by molar-refractivity contribution is 6.30. The molecule has 1 heterocycles. The van der Waals surface area contributed by atoms with Gasteiger partial charge in [0.05, 0.1) is 19.2 Å². The Hall–Kier alpha value is -1.62. The van der Waals surface area contributed by atoms with E-state index in [2.05, 4.69) is 9.97 Å². The number of nitrogen functional groups attached to an aromatic ring is 1. The summed E-state index contributed by atoms with van der Waals surface area (Å²) in [5, 5.41) is 0.208. The van der Waals surface area contributed by atoms with Crippen LogP contribution in [0.1, 0.15) is 19.0 Å². The Morgan fingerprint density at radius 3 is 3.06 bits per heavy atom. The first kappa shape index (κ1) is 12.4. The standard InChI is InChI=1S/C10H12ClN3O2/c1-2-16-9(15)5-3-4-7-10(11)14-8(12)6-13-7/h3-4,6H,2,5H2,1H3,(H2,12,14). The number of nitrogens with zero attached hydrogens (tertiary/aromatic N) is 2. The number of ether oxygens (including phenoxy) is 1. The summed E-state index contributed by atoms with van der Waals surface area (Å²) in [6.45, 7) is 2.12. The van der Waals surface area contributed by atoms with Crippen molar-refractivity contribution in [2.45, 2.75) is 13.3 Å². The number of hydrogen-bond acceptors (Lipinski definition) is 5. The highest BCUT2D eigenvalue weighted by Crippen LogP contribution is 2.13. The summed E-state index contributed by atoms with van der Waals surface area (Å²) >= 11 is 5.78. The molecule has 0 aromatic carbocycles. The number of rotatable bonds is 4. The second-order valence-corrected chi connectivity index (χ2v) is 3.24. The van der Waals surface area contributed by atoms with E-state index in [1.807, 2.05) is 0 Å². The summed E-state index contributed by atoms with van der Waals surface area (Å²) in [6, 6.07) is 0. The number of nitrogens with two attached hydrogens (primary N) is 1. The van der Waals surface area contributed by atoms with Crippen LogP contribution in [0.4, 0.5) is 5.82 Å². The van der Waals surface area contributed by atoms with Crippen LogP contribution >= 0.6 is 11.6 Å². The predicted octanol–water partition coefficient (Wildman–Crippen LogP) is 1.68. The molecule has 0 bridgehead atoms. The fourth-order valence-electron chi connectivity index (χ4n) is 0.987. The molecule has 2 N–H and O–H groups in total. The van der Waals surface area contributed by atoms with Crippen LogP contribution in [0.3, 0.4) is 0 Å². The molecular formula is C10H12ClN3O2. The van der Waals surface area contributed by atoms with Crippen molar-refractivity contribution in [2.24, 2.45) is 0 Å². The lowest BCUT2D eigenvalue weighted by molar-refractivity contribution is -0.142. The van der Waals surface area contributed by atoms with E-state index in [-0.39, 0.29) is 23.4 Å². The van der Waals surface area contributed by atoms with Crippen LogP contribution in [-0.4, -0.2) is 22.5 Å². The first-order valence-corrected chi connectivity index (χ1v) is 5.11. The lowest BCUT2D eigenvalue weighted by Crippen LogP contribution is -2.01. The molecule has 0 saturated heterocycles. The molecule has 1 aromatic heterocycles. The molecule has 0 saturated carbocycles. The summed E-state index contributed by atoms with van der Waals surface area (Å²) in [5.41, 5.74) is 5.86. The van der Waals surface area contributed by atoms with Crippen LogP contribution < -0.4 is 5.73 Å². The highest BCUT2D eigenvalue weighted by atomic mass is 35.5. The molecule has 1 rings (SSSR count). The molecule has 86 valence electrons. The summed E-state index contributed by atoms with van der Waals surface area (Å²) in [4.78, 5) is 18.8. The number of esters is 1. The number of aromatic nitrogens is 2. The molecule has 0 spiro atoms. The fourth-order valence-corrected chi connectivity index (χ4v) is 1.20. The summed E-state index contributed by atoms with van der Waals surface area (Å²) in [5.74, 6) is -0.0363. The van der Waals surface area contributed by atoms with Gasteiger partial charge in [-0.2, -0.15) is 0 Å². The lowest BCUT2D eigenvalue weighted by atomic mass is 10.3. The maximum Gasteiger partial charge on any atom is 0.309 e. The van der Waals surface area contributed by atoms with Gasteiger partial charge in [0.1, 0.15) is 11.5 Å². The van der Waals surface area contributed by atoms with Crippen molar-refractivity contribution in [1.29, 1.82) is 0 Å². The van der Waals surface area contributed by atoms with E-state index in [0.29, 0.717) is 12.3 Å². The smallest absolute Gasteiger partial charge is 0.309 e. The molecule has 0 amide bonds. The van der Waals surface area contributed by atoms with Gasteiger partial charge in [-0.3, -0.25) is 4.79 Å². The number of hydrogen-bond donors (Lipinski definition) is 1. The minimum absolute atomic E-state index is 0.177. The Bertz CT molecular complexity index is 407. The maximum absolute atomic E-state index is 11.0. The second-order valence-electron chi connectivity index (χ2n) is 2.88. The van der Waals surface area contributed by atoms with Crippen LogP contribution in [0.15, 0.2) is 12.3 Å². The van der Waals surface area contributed by atoms with Crippen molar-refractivity contribution in [1.82, 2.24) is 9.97 Å². The van der Waals surface area contributed by atoms with Crippen molar-refractivity contribution in [2.75, 3.05) is 12.3 Å². The Morgan fingerprint density at radius 1 is 1.69 bits per heavy atom. The molecule has 5 nitrogen and oxygen atoms in total. The zero-order valence-electron chi connectivity index (χ0n) is 8.81. The first-order chi connectivity index (χ1) is 7.63. The lowest BCUT2D eigenvalue weighted by Gasteiger charge is -1.98. The van der Waals surface area contributed by atoms with E-state index in [1.165, 1.54) is 6.20 Å². The van der Waals surface area contributed by atoms with Crippen molar-refractivity contribution >= 4 is 29.5 Å². The van der Waals surface area contributed by atoms with Gasteiger partial charge in [-0.15, -0.1) is 0 Å². The minimum Gasteiger partial charge on any atom is -0.466 e. The third-order valence-electron chi connectivity index (χ3n) is 1.64. The first-order valence-electron chi connectivity index (χ1n) is 4.73. The SMILES string of the molecule is CCOC(=O)CC=Cc1ncc(N)nc1Cl. The molecule has 0 aliphatic heterocycles. The third kappa shape index (κ3) is 3.86. The van der Waals surface area contributed by atoms with Crippen molar-refractivity contribution < 1.29 is 9.53 Å². The molecule has 1 aromatic rings. The quantitative estimate of drug-likeness (QED) is 0.812. The van der Waals surface area contributed by atoms with Crippen molar-refractivity contribution in [3.8, 4) is 0 Å². The Morgan fingerprint density at radius 2 is 2.44 bits per heavy atom. The molecule has 0 radical (unpaired) electrons. The summed E-state index contributed by atoms with van der Waals surface area (Å²) in [7, 11) is 0. The third-order valence-corrected chi connectivity index (χ3v) is 1.92. The van der Waals surface area contributed by atoms with Gasteiger partial charge in [0.25, 0.3) is 0 Å². The van der Waals surface area contributed by atoms with Gasteiger partial charge in [0, 0.05) is 0 Å². The van der Waals surface area contributed by atoms with Gasteiger partial charge in [-0.1, -0.05) is 17.7 Å². The van der Waals surface area contributed by atoms with Crippen LogP contribution in [-0.2, 0) is 9.53 Å². The Balaban J connectivity index is 2.59. The molecule has 0 fully saturated rings. The molecule has 0 aliphatic rings. The van der Waals surface area contributed by atoms with Gasteiger partial charge < -0.3 is 10.5 Å². The monoisotopic (exact) mass is 241 g/mol. The molecule has 0 unspecified atom stereocenters. The van der Waals surface area contributed by atoms with Crippen LogP contribution in [0, 0.1) is 0 Å². The van der Waals surface area contributed by atoms with Crippen LogP contribution in [0.25, 0.3) is 6.08 Å². The molecule has 0 aliphatic carbocycles. The number of anilines is 1. The van der Waals surface area contributed by atoms with Crippen molar-refractivity contribution in [3.63, 3.8) is 0 Å². The number of carbonyl (C=O) groups is 1. The van der Waals surface area contributed by atoms with Crippen LogP contribution in [0.5, 0.6) is 0 Å². The number of halogens is 1. The van der Waals surface area contributed by atoms with E-state index in [9.17, 15) is 4.79 Å². The van der Waals surface area contributed by atoms with E-state index < -0.39 is 0 Å². The zero-order chi connectivity index (χ0) is 12.0. The summed E-state index contributed by atoms with van der Waals surface area (Å²) < 4.78 is 4.75. The largest absolute Gasteiger partial charge is 0.466 e. The maximum atomic E-state index is 11.0. The molecular weight excluding hydrogens is 230 g/mol. The second kappa shape index (κ2) is 6.07. The average Bonchev–Trinajstić information content (AvgIpc) is 2.22. The molecule has 0 atom stereocenters. The van der Waals surface area contributed by atoms with E-state index in [4.69, 9.17) is 22.1 Å². The van der Waals surface area contributed by atoms with Gasteiger partial charge in [0.2, 0.25) is 0 Å². The highest BCUT2D eigenvalue weighted by Gasteiger charge is 2.01. The summed E-state index contributed by atoms with van der Waals surface area (Å²) in [6.07, 6.45) is 4.79. The Kier molecular flexibility index (Phi) is 4.72. The Labute approximate surface area is 98.3 Å². The average molecular weight is 242 g/mol. The topological polar surface area (TPSA) is 78.1 Å². The fraction of sp³-hybridized carbons (Fsp3) is 0.300. The predicted molar refractivity (Wildman–Crippen MR) is 61.7 cm³/mol. The van der Waals surface area contributed by atoms with E-state index in [0.717, 1.165) is 0 Å². The normalized spacial score (nSPS) is 10.6. The minimum atomic E-state index is -0.293. The van der Waals surface area contributed by atoms with Crippen LogP contribution in [0.2, 0.25) is 5.15 Å². The van der Waals surface area contributed by atoms with Gasteiger partial charge >= 0.3 is 5.97 Å². The van der Waals surface area contributed by atoms with Gasteiger partial charge in [-0.05, 0) is 13.0 Å². The van der Waals surface area contributed by atoms with Gasteiger partial charge in [-0.25, -0.2) is 9.97 Å². The molecule has 16 heavy (non-hydrogen) atoms. The van der Waals surface area contributed by atoms with Crippen molar-refractivity contribution in [3.05, 3.63) is 23.1 Å².